The summed E-state index contributed by atoms with van der Waals surface area (Å²) in [4.78, 5) is 12.7. The van der Waals surface area contributed by atoms with Crippen LogP contribution < -0.4 is 0 Å². The van der Waals surface area contributed by atoms with E-state index in [1.54, 1.807) is 0 Å². The third-order valence-corrected chi connectivity index (χ3v) is 5.79. The van der Waals surface area contributed by atoms with E-state index in [1.165, 1.54) is 0 Å². The van der Waals surface area contributed by atoms with E-state index in [0.29, 0.717) is 19.8 Å². The number of hydrogen-bond donors (Lipinski definition) is 0. The Labute approximate surface area is 195 Å². The van der Waals surface area contributed by atoms with Crippen LogP contribution in [0.4, 0.5) is 0 Å². The quantitative estimate of drug-likeness (QED) is 0.413. The summed E-state index contributed by atoms with van der Waals surface area (Å²) in [5.74, 6) is -0.735. The second-order valence-electron chi connectivity index (χ2n) is 8.29. The number of esters is 1. The van der Waals surface area contributed by atoms with E-state index >= 15 is 0 Å². The van der Waals surface area contributed by atoms with Crippen molar-refractivity contribution in [2.45, 2.75) is 45.1 Å². The molecule has 172 valence electrons. The number of hydrogen-bond acceptors (Lipinski definition) is 5. The van der Waals surface area contributed by atoms with Gasteiger partial charge in [0.05, 0.1) is 32.3 Å². The lowest BCUT2D eigenvalue weighted by Crippen LogP contribution is -2.55. The minimum Gasteiger partial charge on any atom is -0.457 e. The highest BCUT2D eigenvalue weighted by molar-refractivity contribution is 5.74. The molecule has 0 spiro atoms. The van der Waals surface area contributed by atoms with E-state index in [9.17, 15) is 4.79 Å². The van der Waals surface area contributed by atoms with E-state index in [0.717, 1.165) is 16.7 Å². The summed E-state index contributed by atoms with van der Waals surface area (Å²) in [5.41, 5.74) is 3.15. The van der Waals surface area contributed by atoms with Crippen LogP contribution in [0.5, 0.6) is 0 Å². The molecule has 0 unspecified atom stereocenters. The van der Waals surface area contributed by atoms with Gasteiger partial charge in [0.1, 0.15) is 12.2 Å². The third-order valence-electron chi connectivity index (χ3n) is 5.79. The Balaban J connectivity index is 1.46. The van der Waals surface area contributed by atoms with Crippen molar-refractivity contribution in [1.29, 1.82) is 0 Å². The van der Waals surface area contributed by atoms with Gasteiger partial charge < -0.3 is 18.9 Å². The van der Waals surface area contributed by atoms with Gasteiger partial charge in [-0.05, 0) is 23.6 Å². The van der Waals surface area contributed by atoms with Crippen molar-refractivity contribution >= 4 is 5.97 Å². The molecule has 0 amide bonds. The van der Waals surface area contributed by atoms with Crippen molar-refractivity contribution in [3.63, 3.8) is 0 Å². The molecule has 0 bridgehead atoms. The maximum atomic E-state index is 12.7. The first-order valence-electron chi connectivity index (χ1n) is 11.3. The van der Waals surface area contributed by atoms with E-state index in [-0.39, 0.29) is 12.6 Å². The summed E-state index contributed by atoms with van der Waals surface area (Å²) in [6.07, 6.45) is -1.44. The first kappa shape index (κ1) is 23.2. The molecule has 4 rings (SSSR count). The summed E-state index contributed by atoms with van der Waals surface area (Å²) >= 11 is 0. The fraction of sp³-hybridized carbons (Fsp3) is 0.321. The summed E-state index contributed by atoms with van der Waals surface area (Å²) in [5, 5.41) is 0. The second-order valence-corrected chi connectivity index (χ2v) is 8.29. The van der Waals surface area contributed by atoms with Gasteiger partial charge in [0.2, 0.25) is 0 Å². The highest BCUT2D eigenvalue weighted by Crippen LogP contribution is 2.29. The molecule has 33 heavy (non-hydrogen) atoms. The van der Waals surface area contributed by atoms with Gasteiger partial charge >= 0.3 is 5.97 Å². The molecular formula is C28H30O5. The van der Waals surface area contributed by atoms with Crippen LogP contribution in [0.15, 0.2) is 91.0 Å². The molecule has 4 atom stereocenters. The average Bonchev–Trinajstić information content (AvgIpc) is 2.86. The molecule has 0 radical (unpaired) electrons. The Kier molecular flexibility index (Phi) is 8.25. The molecule has 1 fully saturated rings. The molecule has 1 aliphatic rings. The second kappa shape index (κ2) is 11.8. The zero-order valence-electron chi connectivity index (χ0n) is 18.8. The Morgan fingerprint density at radius 1 is 0.667 bits per heavy atom. The van der Waals surface area contributed by atoms with Crippen molar-refractivity contribution in [2.24, 2.45) is 5.92 Å². The zero-order chi connectivity index (χ0) is 22.9. The van der Waals surface area contributed by atoms with Crippen LogP contribution >= 0.6 is 0 Å². The Hall–Kier alpha value is -2.99. The fourth-order valence-corrected chi connectivity index (χ4v) is 3.92. The van der Waals surface area contributed by atoms with E-state index in [1.807, 2.05) is 97.9 Å². The molecule has 0 saturated carbocycles. The van der Waals surface area contributed by atoms with Crippen LogP contribution in [0.2, 0.25) is 0 Å². The van der Waals surface area contributed by atoms with Crippen LogP contribution in [0, 0.1) is 5.92 Å². The van der Waals surface area contributed by atoms with Crippen LogP contribution in [0.1, 0.15) is 23.6 Å². The molecule has 5 nitrogen and oxygen atoms in total. The lowest BCUT2D eigenvalue weighted by atomic mass is 9.92. The normalized spacial score (nSPS) is 22.6. The number of ether oxygens (including phenoxy) is 4. The molecule has 5 heteroatoms. The summed E-state index contributed by atoms with van der Waals surface area (Å²) in [6, 6.07) is 29.8. The lowest BCUT2D eigenvalue weighted by molar-refractivity contribution is -0.218. The van der Waals surface area contributed by atoms with Gasteiger partial charge in [0.25, 0.3) is 0 Å². The van der Waals surface area contributed by atoms with Crippen LogP contribution in [-0.4, -0.2) is 30.9 Å². The smallest absolute Gasteiger partial charge is 0.311 e. The van der Waals surface area contributed by atoms with Gasteiger partial charge in [0.15, 0.2) is 6.10 Å². The Morgan fingerprint density at radius 2 is 1.12 bits per heavy atom. The number of carbonyl (C=O) groups excluding carboxylic acids is 1. The standard InChI is InChI=1S/C28H30O5/c1-21-26(31-18-23-13-7-3-8-14-23)27(32-19-24-15-9-4-10-16-24)25(33-28(21)29)20-30-17-22-11-5-2-6-12-22/h2-16,21,25-27H,17-20H2,1H3/t21-,25-,26-,27-/m1/s1. The third kappa shape index (κ3) is 6.51. The largest absolute Gasteiger partial charge is 0.457 e. The van der Waals surface area contributed by atoms with Crippen molar-refractivity contribution in [3.05, 3.63) is 108 Å². The first-order chi connectivity index (χ1) is 16.2. The maximum absolute atomic E-state index is 12.7. The molecule has 3 aromatic rings. The monoisotopic (exact) mass is 446 g/mol. The van der Waals surface area contributed by atoms with Crippen molar-refractivity contribution in [2.75, 3.05) is 6.61 Å². The van der Waals surface area contributed by atoms with Crippen molar-refractivity contribution in [3.8, 4) is 0 Å². The summed E-state index contributed by atoms with van der Waals surface area (Å²) < 4.78 is 24.3. The molecular weight excluding hydrogens is 416 g/mol. The Bertz CT molecular complexity index is 977. The number of rotatable bonds is 10. The zero-order valence-corrected chi connectivity index (χ0v) is 18.8. The number of benzene rings is 3. The van der Waals surface area contributed by atoms with Gasteiger partial charge in [-0.15, -0.1) is 0 Å². The molecule has 3 aromatic carbocycles. The fourth-order valence-electron chi connectivity index (χ4n) is 3.92. The van der Waals surface area contributed by atoms with Gasteiger partial charge in [-0.2, -0.15) is 0 Å². The predicted octanol–water partition coefficient (Wildman–Crippen LogP) is 4.94. The minimum atomic E-state index is -0.554. The molecule has 0 aromatic heterocycles. The number of carbonyl (C=O) groups is 1. The highest BCUT2D eigenvalue weighted by Gasteiger charge is 2.45. The molecule has 1 aliphatic heterocycles. The van der Waals surface area contributed by atoms with E-state index in [4.69, 9.17) is 18.9 Å². The summed E-state index contributed by atoms with van der Waals surface area (Å²) in [7, 11) is 0. The van der Waals surface area contributed by atoms with Gasteiger partial charge in [0, 0.05) is 0 Å². The van der Waals surface area contributed by atoms with Crippen molar-refractivity contribution in [1.82, 2.24) is 0 Å². The number of cyclic esters (lactones) is 1. The van der Waals surface area contributed by atoms with Crippen LogP contribution in [0.3, 0.4) is 0 Å². The SMILES string of the molecule is C[C@H]1C(=O)O[C@H](COCc2ccccc2)[C@@H](OCc2ccccc2)[C@@H]1OCc1ccccc1. The highest BCUT2D eigenvalue weighted by atomic mass is 16.6. The van der Waals surface area contributed by atoms with Crippen LogP contribution in [0.25, 0.3) is 0 Å². The van der Waals surface area contributed by atoms with Gasteiger partial charge in [-0.3, -0.25) is 4.79 Å². The van der Waals surface area contributed by atoms with E-state index < -0.39 is 24.2 Å². The van der Waals surface area contributed by atoms with Gasteiger partial charge in [-0.1, -0.05) is 91.0 Å². The molecule has 1 saturated heterocycles. The van der Waals surface area contributed by atoms with Gasteiger partial charge in [-0.25, -0.2) is 0 Å². The minimum absolute atomic E-state index is 0.234. The molecule has 0 N–H and O–H groups in total. The Morgan fingerprint density at radius 3 is 1.64 bits per heavy atom. The van der Waals surface area contributed by atoms with E-state index in [2.05, 4.69) is 0 Å². The lowest BCUT2D eigenvalue weighted by Gasteiger charge is -2.40. The topological polar surface area (TPSA) is 54.0 Å². The van der Waals surface area contributed by atoms with Crippen molar-refractivity contribution < 1.29 is 23.7 Å². The maximum Gasteiger partial charge on any atom is 0.311 e. The predicted molar refractivity (Wildman–Crippen MR) is 125 cm³/mol. The molecule has 0 aliphatic carbocycles. The van der Waals surface area contributed by atoms with Crippen LogP contribution in [-0.2, 0) is 43.6 Å². The molecule has 1 heterocycles. The summed E-state index contributed by atoms with van der Waals surface area (Å²) in [6.45, 7) is 3.30. The first-order valence-corrected chi connectivity index (χ1v) is 11.3. The average molecular weight is 447 g/mol.